The highest BCUT2D eigenvalue weighted by molar-refractivity contribution is 6.00. The van der Waals surface area contributed by atoms with E-state index in [1.54, 1.807) is 0 Å². The highest BCUT2D eigenvalue weighted by Gasteiger charge is 2.11. The molecule has 3 atom stereocenters. The van der Waals surface area contributed by atoms with E-state index in [0.717, 1.165) is 30.8 Å². The van der Waals surface area contributed by atoms with Gasteiger partial charge in [0.1, 0.15) is 5.84 Å². The molecule has 0 aliphatic carbocycles. The Labute approximate surface area is 227 Å². The van der Waals surface area contributed by atoms with Crippen molar-refractivity contribution in [2.45, 2.75) is 94.4 Å². The third kappa shape index (κ3) is 15.1. The van der Waals surface area contributed by atoms with Crippen molar-refractivity contribution < 1.29 is 9.90 Å². The van der Waals surface area contributed by atoms with Gasteiger partial charge in [0.15, 0.2) is 0 Å². The maximum atomic E-state index is 9.97. The molecule has 1 aromatic rings. The van der Waals surface area contributed by atoms with Crippen LogP contribution >= 0.6 is 0 Å². The first-order valence-electron chi connectivity index (χ1n) is 14.0. The molecule has 4 heteroatoms. The van der Waals surface area contributed by atoms with Crippen LogP contribution < -0.4 is 5.32 Å². The van der Waals surface area contributed by atoms with Crippen LogP contribution in [0.4, 0.5) is 0 Å². The average Bonchev–Trinajstić information content (AvgIpc) is 2.92. The molecule has 2 rings (SSSR count). The highest BCUT2D eigenvalue weighted by atomic mass is 16.4. The average molecular weight is 509 g/mol. The Morgan fingerprint density at radius 2 is 1.57 bits per heavy atom. The second-order valence-corrected chi connectivity index (χ2v) is 9.79. The zero-order chi connectivity index (χ0) is 28.2. The van der Waals surface area contributed by atoms with Crippen LogP contribution in [0.3, 0.4) is 0 Å². The molecular weight excluding hydrogens is 456 g/mol. The predicted molar refractivity (Wildman–Crippen MR) is 163 cm³/mol. The van der Waals surface area contributed by atoms with Gasteiger partial charge < -0.3 is 10.4 Å². The highest BCUT2D eigenvalue weighted by Crippen LogP contribution is 2.20. The second-order valence-electron chi connectivity index (χ2n) is 9.79. The van der Waals surface area contributed by atoms with Crippen molar-refractivity contribution in [1.82, 2.24) is 5.32 Å². The van der Waals surface area contributed by atoms with Crippen LogP contribution in [0.2, 0.25) is 0 Å². The second kappa shape index (κ2) is 20.2. The van der Waals surface area contributed by atoms with Gasteiger partial charge in [0.05, 0.1) is 0 Å². The van der Waals surface area contributed by atoms with Crippen LogP contribution in [-0.2, 0) is 4.79 Å². The fourth-order valence-electron chi connectivity index (χ4n) is 3.48. The summed E-state index contributed by atoms with van der Waals surface area (Å²) < 4.78 is 0. The van der Waals surface area contributed by atoms with Gasteiger partial charge in [-0.1, -0.05) is 123 Å². The number of nitrogens with one attached hydrogen (secondary N) is 1. The van der Waals surface area contributed by atoms with Crippen molar-refractivity contribution in [3.8, 4) is 0 Å². The number of nitrogens with zero attached hydrogens (tertiary/aromatic N) is 1. The van der Waals surface area contributed by atoms with Gasteiger partial charge in [-0.25, -0.2) is 4.99 Å². The molecule has 0 saturated heterocycles. The van der Waals surface area contributed by atoms with E-state index in [4.69, 9.17) is 10.1 Å². The molecule has 0 aromatic heterocycles. The van der Waals surface area contributed by atoms with E-state index in [-0.39, 0.29) is 0 Å². The minimum Gasteiger partial charge on any atom is -0.481 e. The van der Waals surface area contributed by atoms with Crippen LogP contribution in [0.25, 0.3) is 5.57 Å². The van der Waals surface area contributed by atoms with Crippen molar-refractivity contribution in [1.29, 1.82) is 0 Å². The summed E-state index contributed by atoms with van der Waals surface area (Å²) in [5.41, 5.74) is 5.00. The van der Waals surface area contributed by atoms with E-state index in [9.17, 15) is 4.79 Å². The quantitative estimate of drug-likeness (QED) is 0.344. The molecule has 0 bridgehead atoms. The van der Waals surface area contributed by atoms with Crippen LogP contribution in [0.5, 0.6) is 0 Å². The summed E-state index contributed by atoms with van der Waals surface area (Å²) in [6.07, 6.45) is 15.3. The van der Waals surface area contributed by atoms with Crippen molar-refractivity contribution in [2.75, 3.05) is 0 Å². The standard InChI is InChI=1S/C24H32N2.C6H12O2.C3H8/c1-6-21(23-11-9-8-10-12-23)13-14-22(7-2)24-25-16-15-18(3)19(4)17-20(5)26-24;1-3-5(2)4-6(7)8;1-3-2/h8-19H,6-7H2,1-5H3,(H,25,26);5H,3-4H2,1-2H3,(H,7,8);3H2,1-2H3/b16-15+,20-17+,21-13+,22-14+;;. The van der Waals surface area contributed by atoms with Crippen LogP contribution in [0.15, 0.2) is 77.1 Å². The van der Waals surface area contributed by atoms with Crippen LogP contribution in [-0.4, -0.2) is 16.9 Å². The fraction of sp³-hybridized carbons (Fsp3) is 0.515. The third-order valence-electron chi connectivity index (χ3n) is 6.17. The smallest absolute Gasteiger partial charge is 0.303 e. The lowest BCUT2D eigenvalue weighted by molar-refractivity contribution is -0.137. The lowest BCUT2D eigenvalue weighted by Gasteiger charge is -2.14. The van der Waals surface area contributed by atoms with Gasteiger partial charge >= 0.3 is 5.97 Å². The summed E-state index contributed by atoms with van der Waals surface area (Å²) >= 11 is 0. The molecule has 1 heterocycles. The van der Waals surface area contributed by atoms with Crippen molar-refractivity contribution >= 4 is 17.4 Å². The zero-order valence-electron chi connectivity index (χ0n) is 24.8. The lowest BCUT2D eigenvalue weighted by Crippen LogP contribution is -2.23. The van der Waals surface area contributed by atoms with Gasteiger partial charge in [0.25, 0.3) is 0 Å². The molecule has 0 saturated carbocycles. The van der Waals surface area contributed by atoms with Crippen molar-refractivity contribution in [3.63, 3.8) is 0 Å². The summed E-state index contributed by atoms with van der Waals surface area (Å²) in [5.74, 6) is 1.55. The summed E-state index contributed by atoms with van der Waals surface area (Å²) in [4.78, 5) is 14.7. The molecule has 1 aliphatic heterocycles. The molecule has 0 fully saturated rings. The summed E-state index contributed by atoms with van der Waals surface area (Å²) in [6.45, 7) is 19.2. The molecule has 37 heavy (non-hydrogen) atoms. The Bertz CT molecular complexity index is 923. The van der Waals surface area contributed by atoms with Gasteiger partial charge in [0, 0.05) is 18.3 Å². The van der Waals surface area contributed by atoms with Crippen LogP contribution in [0.1, 0.15) is 100.0 Å². The molecule has 3 unspecified atom stereocenters. The molecule has 206 valence electrons. The number of carbonyl (C=O) groups is 1. The van der Waals surface area contributed by atoms with E-state index in [2.05, 4.69) is 108 Å². The Morgan fingerprint density at radius 1 is 1.00 bits per heavy atom. The van der Waals surface area contributed by atoms with Gasteiger partial charge in [-0.2, -0.15) is 0 Å². The zero-order valence-corrected chi connectivity index (χ0v) is 24.8. The van der Waals surface area contributed by atoms with Crippen molar-refractivity contribution in [2.24, 2.45) is 22.7 Å². The first-order valence-corrected chi connectivity index (χ1v) is 14.0. The van der Waals surface area contributed by atoms with E-state index in [0.29, 0.717) is 24.2 Å². The van der Waals surface area contributed by atoms with E-state index >= 15 is 0 Å². The van der Waals surface area contributed by atoms with Gasteiger partial charge in [-0.15, -0.1) is 0 Å². The summed E-state index contributed by atoms with van der Waals surface area (Å²) in [7, 11) is 0. The number of aliphatic carboxylic acids is 1. The number of hydrogen-bond donors (Lipinski definition) is 2. The lowest BCUT2D eigenvalue weighted by atomic mass is 9.95. The molecule has 0 spiro atoms. The Hall–Kier alpha value is -2.88. The minimum atomic E-state index is -0.695. The van der Waals surface area contributed by atoms with Crippen LogP contribution in [0, 0.1) is 17.8 Å². The minimum absolute atomic E-state index is 0.302. The molecule has 1 aliphatic rings. The molecule has 4 nitrogen and oxygen atoms in total. The Kier molecular flexibility index (Phi) is 18.6. The number of allylic oxidation sites excluding steroid dienone is 6. The van der Waals surface area contributed by atoms with E-state index in [1.165, 1.54) is 23.1 Å². The van der Waals surface area contributed by atoms with Gasteiger partial charge in [-0.3, -0.25) is 4.79 Å². The number of carboxylic acid groups (broad SMARTS) is 1. The Morgan fingerprint density at radius 3 is 2.05 bits per heavy atom. The summed E-state index contributed by atoms with van der Waals surface area (Å²) in [6, 6.07) is 10.6. The van der Waals surface area contributed by atoms with E-state index < -0.39 is 5.97 Å². The molecule has 0 amide bonds. The number of carboxylic acids is 1. The SMILES string of the molecule is CCC.CCC(=C\C=C(/CC)c1ccccc1)/C1=N\C=C\C(C)C(C)/C=C(\C)N1.CCC(C)CC(=O)O. The normalized spacial score (nSPS) is 22.4. The molecule has 1 aromatic carbocycles. The number of hydrogen-bond acceptors (Lipinski definition) is 3. The molecule has 2 N–H and O–H groups in total. The number of amidine groups is 1. The first kappa shape index (κ1) is 34.1. The maximum Gasteiger partial charge on any atom is 0.303 e. The largest absolute Gasteiger partial charge is 0.481 e. The number of benzene rings is 1. The number of rotatable bonds is 8. The molecule has 0 radical (unpaired) electrons. The van der Waals surface area contributed by atoms with Crippen molar-refractivity contribution in [3.05, 3.63) is 77.7 Å². The summed E-state index contributed by atoms with van der Waals surface area (Å²) in [5, 5.41) is 11.7. The number of aliphatic imine (C=N–C) groups is 1. The topological polar surface area (TPSA) is 61.7 Å². The first-order chi connectivity index (χ1) is 17.6. The maximum absolute atomic E-state index is 9.97. The van der Waals surface area contributed by atoms with E-state index in [1.807, 2.05) is 20.0 Å². The predicted octanol–water partition coefficient (Wildman–Crippen LogP) is 9.43. The monoisotopic (exact) mass is 508 g/mol. The molecular formula is C33H52N2O2. The Balaban J connectivity index is 0.000000992. The fourth-order valence-corrected chi connectivity index (χ4v) is 3.48. The van der Waals surface area contributed by atoms with Gasteiger partial charge in [-0.05, 0) is 54.2 Å². The third-order valence-corrected chi connectivity index (χ3v) is 6.17. The van der Waals surface area contributed by atoms with Gasteiger partial charge in [0.2, 0.25) is 0 Å².